The van der Waals surface area contributed by atoms with E-state index in [0.29, 0.717) is 10.5 Å². The molecular formula is C12H7BrCl2FNO3S. The van der Waals surface area contributed by atoms with Crippen LogP contribution in [0.1, 0.15) is 0 Å². The second-order valence-electron chi connectivity index (χ2n) is 3.96. The Morgan fingerprint density at radius 3 is 2.43 bits per heavy atom. The third-order valence-corrected chi connectivity index (χ3v) is 5.10. The van der Waals surface area contributed by atoms with Crippen LogP contribution in [0.3, 0.4) is 0 Å². The minimum Gasteiger partial charge on any atom is -0.506 e. The lowest BCUT2D eigenvalue weighted by atomic mass is 10.3. The highest BCUT2D eigenvalue weighted by Gasteiger charge is 2.20. The molecule has 0 spiro atoms. The van der Waals surface area contributed by atoms with Gasteiger partial charge in [0.25, 0.3) is 10.0 Å². The van der Waals surface area contributed by atoms with Crippen LogP contribution >= 0.6 is 39.1 Å². The van der Waals surface area contributed by atoms with Crippen molar-refractivity contribution in [2.45, 2.75) is 4.90 Å². The maximum atomic E-state index is 13.1. The van der Waals surface area contributed by atoms with Crippen molar-refractivity contribution >= 4 is 54.8 Å². The van der Waals surface area contributed by atoms with Crippen LogP contribution < -0.4 is 4.72 Å². The fraction of sp³-hybridized carbons (Fsp3) is 0. The van der Waals surface area contributed by atoms with Crippen molar-refractivity contribution in [3.05, 3.63) is 50.7 Å². The summed E-state index contributed by atoms with van der Waals surface area (Å²) < 4.78 is 40.3. The van der Waals surface area contributed by atoms with Gasteiger partial charge < -0.3 is 5.11 Å². The third-order valence-electron chi connectivity index (χ3n) is 2.47. The zero-order valence-corrected chi connectivity index (χ0v) is 14.0. The van der Waals surface area contributed by atoms with Crippen LogP contribution in [-0.4, -0.2) is 13.5 Å². The first-order chi connectivity index (χ1) is 9.70. The van der Waals surface area contributed by atoms with Gasteiger partial charge in [0.05, 0.1) is 15.7 Å². The summed E-state index contributed by atoms with van der Waals surface area (Å²) >= 11 is 14.6. The van der Waals surface area contributed by atoms with Crippen LogP contribution in [0.4, 0.5) is 10.1 Å². The lowest BCUT2D eigenvalue weighted by Crippen LogP contribution is -2.13. The minimum absolute atomic E-state index is 0.00965. The van der Waals surface area contributed by atoms with Gasteiger partial charge in [0.2, 0.25) is 0 Å². The van der Waals surface area contributed by atoms with Gasteiger partial charge in [-0.15, -0.1) is 0 Å². The van der Waals surface area contributed by atoms with E-state index in [-0.39, 0.29) is 20.6 Å². The first-order valence-electron chi connectivity index (χ1n) is 5.36. The summed E-state index contributed by atoms with van der Waals surface area (Å²) in [5.41, 5.74) is -0.250. The van der Waals surface area contributed by atoms with E-state index in [9.17, 15) is 17.9 Å². The van der Waals surface area contributed by atoms with E-state index in [2.05, 4.69) is 20.7 Å². The number of aromatic hydroxyl groups is 1. The smallest absolute Gasteiger partial charge is 0.263 e. The number of phenolic OH excluding ortho intramolecular Hbond substituents is 1. The molecule has 2 aromatic carbocycles. The molecule has 9 heteroatoms. The van der Waals surface area contributed by atoms with Crippen molar-refractivity contribution in [1.82, 2.24) is 0 Å². The molecule has 2 aromatic rings. The summed E-state index contributed by atoms with van der Waals surface area (Å²) in [6.45, 7) is 0. The Morgan fingerprint density at radius 2 is 1.81 bits per heavy atom. The number of halogens is 4. The number of sulfonamides is 1. The fourth-order valence-electron chi connectivity index (χ4n) is 1.51. The number of hydrogen-bond acceptors (Lipinski definition) is 3. The molecule has 0 aliphatic carbocycles. The Labute approximate surface area is 138 Å². The number of rotatable bonds is 3. The largest absolute Gasteiger partial charge is 0.506 e. The predicted octanol–water partition coefficient (Wildman–Crippen LogP) is 4.40. The van der Waals surface area contributed by atoms with Gasteiger partial charge in [0, 0.05) is 10.5 Å². The van der Waals surface area contributed by atoms with E-state index >= 15 is 0 Å². The predicted molar refractivity (Wildman–Crippen MR) is 83.0 cm³/mol. The Kier molecular flexibility index (Phi) is 4.67. The van der Waals surface area contributed by atoms with Crippen LogP contribution in [-0.2, 0) is 10.0 Å². The first-order valence-corrected chi connectivity index (χ1v) is 8.40. The van der Waals surface area contributed by atoms with Gasteiger partial charge in [-0.2, -0.15) is 0 Å². The molecule has 0 aliphatic heterocycles. The van der Waals surface area contributed by atoms with Crippen molar-refractivity contribution in [1.29, 1.82) is 0 Å². The molecule has 4 nitrogen and oxygen atoms in total. The van der Waals surface area contributed by atoms with Gasteiger partial charge in [0.1, 0.15) is 16.5 Å². The quantitative estimate of drug-likeness (QED) is 0.731. The number of anilines is 1. The fourth-order valence-corrected chi connectivity index (χ4v) is 3.78. The van der Waals surface area contributed by atoms with Gasteiger partial charge >= 0.3 is 0 Å². The van der Waals surface area contributed by atoms with E-state index in [1.165, 1.54) is 18.2 Å². The summed E-state index contributed by atoms with van der Waals surface area (Å²) in [5.74, 6) is -1.45. The summed E-state index contributed by atoms with van der Waals surface area (Å²) in [4.78, 5) is -0.188. The normalized spacial score (nSPS) is 11.4. The highest BCUT2D eigenvalue weighted by molar-refractivity contribution is 9.10. The topological polar surface area (TPSA) is 66.4 Å². The van der Waals surface area contributed by atoms with Crippen molar-refractivity contribution < 1.29 is 17.9 Å². The summed E-state index contributed by atoms with van der Waals surface area (Å²) in [7, 11) is -4.06. The van der Waals surface area contributed by atoms with Crippen LogP contribution in [0.25, 0.3) is 0 Å². The van der Waals surface area contributed by atoms with Crippen molar-refractivity contribution in [2.24, 2.45) is 0 Å². The molecule has 0 bridgehead atoms. The molecule has 0 heterocycles. The van der Waals surface area contributed by atoms with Crippen molar-refractivity contribution in [3.8, 4) is 5.75 Å². The molecule has 0 saturated carbocycles. The molecule has 0 amide bonds. The second-order valence-corrected chi connectivity index (χ2v) is 7.34. The van der Waals surface area contributed by atoms with Crippen LogP contribution in [0, 0.1) is 5.82 Å². The van der Waals surface area contributed by atoms with Crippen LogP contribution in [0.2, 0.25) is 10.0 Å². The number of phenols is 1. The van der Waals surface area contributed by atoms with E-state index in [1.54, 1.807) is 0 Å². The van der Waals surface area contributed by atoms with E-state index in [4.69, 9.17) is 23.2 Å². The Hall–Kier alpha value is -1.02. The van der Waals surface area contributed by atoms with Crippen LogP contribution in [0.5, 0.6) is 5.75 Å². The van der Waals surface area contributed by atoms with Gasteiger partial charge in [-0.25, -0.2) is 12.8 Å². The van der Waals surface area contributed by atoms with Gasteiger partial charge in [0.15, 0.2) is 0 Å². The molecule has 0 fully saturated rings. The number of hydrogen-bond donors (Lipinski definition) is 2. The molecule has 0 atom stereocenters. The molecule has 112 valence electrons. The average molecular weight is 415 g/mol. The lowest BCUT2D eigenvalue weighted by Gasteiger charge is -2.11. The SMILES string of the molecule is O=S(=O)(Nc1cc(Cl)c(F)cc1O)c1ccc(Br)cc1Cl. The van der Waals surface area contributed by atoms with E-state index < -0.39 is 21.6 Å². The summed E-state index contributed by atoms with van der Waals surface area (Å²) in [5, 5.41) is 9.24. The first kappa shape index (κ1) is 16.4. The maximum Gasteiger partial charge on any atom is 0.263 e. The average Bonchev–Trinajstić information content (AvgIpc) is 2.35. The lowest BCUT2D eigenvalue weighted by molar-refractivity contribution is 0.471. The molecule has 0 saturated heterocycles. The Balaban J connectivity index is 2.45. The molecule has 0 unspecified atom stereocenters. The number of benzene rings is 2. The number of nitrogens with one attached hydrogen (secondary N) is 1. The monoisotopic (exact) mass is 413 g/mol. The minimum atomic E-state index is -4.06. The highest BCUT2D eigenvalue weighted by Crippen LogP contribution is 2.33. The molecule has 0 radical (unpaired) electrons. The van der Waals surface area contributed by atoms with E-state index in [1.807, 2.05) is 0 Å². The highest BCUT2D eigenvalue weighted by atomic mass is 79.9. The molecule has 0 aromatic heterocycles. The van der Waals surface area contributed by atoms with Gasteiger partial charge in [-0.1, -0.05) is 39.1 Å². The van der Waals surface area contributed by atoms with Gasteiger partial charge in [-0.3, -0.25) is 4.72 Å². The molecule has 2 N–H and O–H groups in total. The molecule has 21 heavy (non-hydrogen) atoms. The van der Waals surface area contributed by atoms with Crippen molar-refractivity contribution in [3.63, 3.8) is 0 Å². The molecule has 0 aliphatic rings. The Morgan fingerprint density at radius 1 is 1.14 bits per heavy atom. The zero-order chi connectivity index (χ0) is 15.8. The molecular weight excluding hydrogens is 408 g/mol. The standard InChI is InChI=1S/C12H7BrCl2FNO3S/c13-6-1-2-12(8(15)3-6)21(19,20)17-10-4-7(14)9(16)5-11(10)18/h1-5,17-18H. The Bertz CT molecular complexity index is 814. The zero-order valence-electron chi connectivity index (χ0n) is 10.1. The van der Waals surface area contributed by atoms with Crippen LogP contribution in [0.15, 0.2) is 39.7 Å². The molecule has 2 rings (SSSR count). The van der Waals surface area contributed by atoms with Crippen molar-refractivity contribution in [2.75, 3.05) is 4.72 Å². The summed E-state index contributed by atoms with van der Waals surface area (Å²) in [6.07, 6.45) is 0. The van der Waals surface area contributed by atoms with Gasteiger partial charge in [-0.05, 0) is 24.3 Å². The maximum absolute atomic E-state index is 13.1. The third kappa shape index (κ3) is 3.60. The summed E-state index contributed by atoms with van der Waals surface area (Å²) in [6, 6.07) is 5.88. The second kappa shape index (κ2) is 6.00. The van der Waals surface area contributed by atoms with E-state index in [0.717, 1.165) is 6.07 Å².